The van der Waals surface area contributed by atoms with Gasteiger partial charge < -0.3 is 5.32 Å². The van der Waals surface area contributed by atoms with E-state index in [1.807, 2.05) is 48.5 Å². The first-order valence-corrected chi connectivity index (χ1v) is 7.40. The number of nitrogens with one attached hydrogen (secondary N) is 1. The number of nitrogens with zero attached hydrogens (tertiary/aromatic N) is 3. The van der Waals surface area contributed by atoms with Crippen LogP contribution < -0.4 is 5.32 Å². The van der Waals surface area contributed by atoms with E-state index in [0.717, 1.165) is 15.6 Å². The predicted octanol–water partition coefficient (Wildman–Crippen LogP) is 4.52. The van der Waals surface area contributed by atoms with Crippen LogP contribution in [0.3, 0.4) is 0 Å². The Morgan fingerprint density at radius 3 is 2.50 bits per heavy atom. The van der Waals surface area contributed by atoms with Crippen LogP contribution in [-0.2, 0) is 0 Å². The molecule has 0 aliphatic heterocycles. The van der Waals surface area contributed by atoms with Gasteiger partial charge in [-0.3, -0.25) is 0 Å². The van der Waals surface area contributed by atoms with Gasteiger partial charge in [0.15, 0.2) is 0 Å². The Balaban J connectivity index is 2.04. The molecule has 0 fully saturated rings. The average Bonchev–Trinajstić information content (AvgIpc) is 2.55. The lowest BCUT2D eigenvalue weighted by molar-refractivity contribution is 1.24. The Labute approximate surface area is 136 Å². The Morgan fingerprint density at radius 2 is 1.77 bits per heavy atom. The number of pyridine rings is 2. The standard InChI is InChI=1S/C17H11BrN4/c18-13-6-8-20-16(10-13)22-17-15(11-19)14(7-9-21-17)12-4-2-1-3-5-12/h1-10H,(H,20,21,22). The van der Waals surface area contributed by atoms with Gasteiger partial charge in [-0.25, -0.2) is 9.97 Å². The van der Waals surface area contributed by atoms with Crippen LogP contribution in [0.5, 0.6) is 0 Å². The van der Waals surface area contributed by atoms with Crippen molar-refractivity contribution in [3.8, 4) is 17.2 Å². The monoisotopic (exact) mass is 350 g/mol. The van der Waals surface area contributed by atoms with Gasteiger partial charge in [0.2, 0.25) is 0 Å². The van der Waals surface area contributed by atoms with E-state index >= 15 is 0 Å². The number of benzene rings is 1. The van der Waals surface area contributed by atoms with Gasteiger partial charge in [-0.2, -0.15) is 5.26 Å². The number of halogens is 1. The van der Waals surface area contributed by atoms with E-state index in [4.69, 9.17) is 0 Å². The highest BCUT2D eigenvalue weighted by atomic mass is 79.9. The Hall–Kier alpha value is -2.71. The van der Waals surface area contributed by atoms with Crippen molar-refractivity contribution < 1.29 is 0 Å². The van der Waals surface area contributed by atoms with Gasteiger partial charge in [0.1, 0.15) is 23.3 Å². The minimum atomic E-state index is 0.495. The molecule has 2 aromatic heterocycles. The van der Waals surface area contributed by atoms with E-state index in [0.29, 0.717) is 17.2 Å². The average molecular weight is 351 g/mol. The van der Waals surface area contributed by atoms with Crippen LogP contribution in [0.1, 0.15) is 5.56 Å². The van der Waals surface area contributed by atoms with Crippen molar-refractivity contribution in [2.24, 2.45) is 0 Å². The highest BCUT2D eigenvalue weighted by Crippen LogP contribution is 2.28. The van der Waals surface area contributed by atoms with Crippen LogP contribution in [-0.4, -0.2) is 9.97 Å². The summed E-state index contributed by atoms with van der Waals surface area (Å²) in [6.45, 7) is 0. The Kier molecular flexibility index (Phi) is 4.12. The van der Waals surface area contributed by atoms with E-state index in [1.165, 1.54) is 0 Å². The molecule has 0 amide bonds. The molecule has 0 aliphatic rings. The van der Waals surface area contributed by atoms with E-state index in [1.54, 1.807) is 12.4 Å². The number of aromatic nitrogens is 2. The fourth-order valence-corrected chi connectivity index (χ4v) is 2.46. The number of hydrogen-bond donors (Lipinski definition) is 1. The molecule has 106 valence electrons. The number of rotatable bonds is 3. The molecule has 0 spiro atoms. The highest BCUT2D eigenvalue weighted by Gasteiger charge is 2.11. The summed E-state index contributed by atoms with van der Waals surface area (Å²) in [6.07, 6.45) is 3.36. The number of hydrogen-bond acceptors (Lipinski definition) is 4. The third kappa shape index (κ3) is 2.97. The first-order valence-electron chi connectivity index (χ1n) is 6.61. The van der Waals surface area contributed by atoms with E-state index < -0.39 is 0 Å². The molecule has 1 N–H and O–H groups in total. The number of anilines is 2. The van der Waals surface area contributed by atoms with Crippen molar-refractivity contribution in [1.82, 2.24) is 9.97 Å². The van der Waals surface area contributed by atoms with Crippen molar-refractivity contribution in [2.45, 2.75) is 0 Å². The molecular formula is C17H11BrN4. The molecule has 3 rings (SSSR count). The molecule has 4 nitrogen and oxygen atoms in total. The van der Waals surface area contributed by atoms with E-state index in [9.17, 15) is 5.26 Å². The van der Waals surface area contributed by atoms with Gasteiger partial charge in [0.25, 0.3) is 0 Å². The topological polar surface area (TPSA) is 61.6 Å². The van der Waals surface area contributed by atoms with Crippen molar-refractivity contribution in [3.63, 3.8) is 0 Å². The number of nitriles is 1. The summed E-state index contributed by atoms with van der Waals surface area (Å²) in [5.74, 6) is 1.12. The molecule has 0 saturated heterocycles. The van der Waals surface area contributed by atoms with Crippen molar-refractivity contribution >= 4 is 27.6 Å². The van der Waals surface area contributed by atoms with Crippen molar-refractivity contribution in [3.05, 3.63) is 71.0 Å². The van der Waals surface area contributed by atoms with Crippen LogP contribution >= 0.6 is 15.9 Å². The molecule has 1 aromatic carbocycles. The summed E-state index contributed by atoms with van der Waals surface area (Å²) in [4.78, 5) is 8.49. The molecule has 0 unspecified atom stereocenters. The first kappa shape index (κ1) is 14.2. The lowest BCUT2D eigenvalue weighted by Gasteiger charge is -2.10. The van der Waals surface area contributed by atoms with E-state index in [-0.39, 0.29) is 0 Å². The molecule has 0 saturated carbocycles. The molecule has 5 heteroatoms. The maximum Gasteiger partial charge on any atom is 0.150 e. The molecular weight excluding hydrogens is 340 g/mol. The van der Waals surface area contributed by atoms with Crippen LogP contribution in [0.15, 0.2) is 65.4 Å². The summed E-state index contributed by atoms with van der Waals surface area (Å²) in [5, 5.41) is 12.6. The minimum absolute atomic E-state index is 0.495. The third-order valence-electron chi connectivity index (χ3n) is 3.12. The van der Waals surface area contributed by atoms with Crippen molar-refractivity contribution in [2.75, 3.05) is 5.32 Å². The highest BCUT2D eigenvalue weighted by molar-refractivity contribution is 9.10. The summed E-state index contributed by atoms with van der Waals surface area (Å²) in [5.41, 5.74) is 2.32. The maximum absolute atomic E-state index is 9.53. The summed E-state index contributed by atoms with van der Waals surface area (Å²) in [6, 6.07) is 17.5. The molecule has 0 radical (unpaired) electrons. The molecule has 22 heavy (non-hydrogen) atoms. The normalized spacial score (nSPS) is 10.0. The van der Waals surface area contributed by atoms with Gasteiger partial charge in [-0.15, -0.1) is 0 Å². The van der Waals surface area contributed by atoms with Gasteiger partial charge in [-0.05, 0) is 23.8 Å². The molecule has 0 aliphatic carbocycles. The van der Waals surface area contributed by atoms with Gasteiger partial charge in [0, 0.05) is 22.4 Å². The predicted molar refractivity (Wildman–Crippen MR) is 89.6 cm³/mol. The Morgan fingerprint density at radius 1 is 1.00 bits per heavy atom. The first-order chi connectivity index (χ1) is 10.8. The second kappa shape index (κ2) is 6.37. The molecule has 3 aromatic rings. The SMILES string of the molecule is N#Cc1c(-c2ccccc2)ccnc1Nc1cc(Br)ccn1. The van der Waals surface area contributed by atoms with E-state index in [2.05, 4.69) is 37.3 Å². The molecule has 0 bridgehead atoms. The second-order valence-corrected chi connectivity index (χ2v) is 5.46. The lowest BCUT2D eigenvalue weighted by atomic mass is 10.0. The Bertz CT molecular complexity index is 841. The molecule has 0 atom stereocenters. The smallest absolute Gasteiger partial charge is 0.150 e. The zero-order valence-electron chi connectivity index (χ0n) is 11.5. The van der Waals surface area contributed by atoms with Crippen LogP contribution in [0.4, 0.5) is 11.6 Å². The lowest BCUT2D eigenvalue weighted by Crippen LogP contribution is -2.00. The second-order valence-electron chi connectivity index (χ2n) is 4.54. The van der Waals surface area contributed by atoms with Crippen LogP contribution in [0, 0.1) is 11.3 Å². The molecule has 2 heterocycles. The van der Waals surface area contributed by atoms with Gasteiger partial charge >= 0.3 is 0 Å². The summed E-state index contributed by atoms with van der Waals surface area (Å²) >= 11 is 3.40. The minimum Gasteiger partial charge on any atom is -0.324 e. The van der Waals surface area contributed by atoms with Crippen molar-refractivity contribution in [1.29, 1.82) is 5.26 Å². The fourth-order valence-electron chi connectivity index (χ4n) is 2.12. The largest absolute Gasteiger partial charge is 0.324 e. The third-order valence-corrected chi connectivity index (χ3v) is 3.61. The van der Waals surface area contributed by atoms with Gasteiger partial charge in [-0.1, -0.05) is 46.3 Å². The zero-order valence-corrected chi connectivity index (χ0v) is 13.1. The quantitative estimate of drug-likeness (QED) is 0.754. The maximum atomic E-state index is 9.53. The summed E-state index contributed by atoms with van der Waals surface area (Å²) in [7, 11) is 0. The fraction of sp³-hybridized carbons (Fsp3) is 0. The van der Waals surface area contributed by atoms with Gasteiger partial charge in [0.05, 0.1) is 0 Å². The van der Waals surface area contributed by atoms with Crippen LogP contribution in [0.25, 0.3) is 11.1 Å². The summed E-state index contributed by atoms with van der Waals surface area (Å²) < 4.78 is 0.905. The zero-order chi connectivity index (χ0) is 15.4. The van der Waals surface area contributed by atoms with Crippen LogP contribution in [0.2, 0.25) is 0 Å².